The summed E-state index contributed by atoms with van der Waals surface area (Å²) in [7, 11) is 0. The van der Waals surface area contributed by atoms with Crippen molar-refractivity contribution in [3.05, 3.63) is 0 Å². The summed E-state index contributed by atoms with van der Waals surface area (Å²) < 4.78 is 10.4. The standard InChI is InChI=1S/C20H40N2O11/c21-7-5-3-1-2-4-6-8-22-19(31)16(29)15(28)18(11(25)9-23)33-20-17(30)14(27)13(26)12(10-24)32-20/h11-18,20,23-30H,1-10,21H2,(H,22,31)/t11-,12-,13+,14?,15-,16-,17?,18+,20+/m1/s1. The zero-order valence-electron chi connectivity index (χ0n) is 18.6. The molecule has 0 radical (unpaired) electrons. The Balaban J connectivity index is 2.63. The van der Waals surface area contributed by atoms with Crippen LogP contribution in [0.1, 0.15) is 38.5 Å². The van der Waals surface area contributed by atoms with Crippen LogP contribution in [0.2, 0.25) is 0 Å². The van der Waals surface area contributed by atoms with Crippen molar-refractivity contribution in [1.29, 1.82) is 0 Å². The van der Waals surface area contributed by atoms with Crippen molar-refractivity contribution in [2.45, 2.75) is 93.6 Å². The molecule has 2 unspecified atom stereocenters. The second kappa shape index (κ2) is 15.8. The lowest BCUT2D eigenvalue weighted by molar-refractivity contribution is -0.326. The molecule has 11 N–H and O–H groups in total. The molecule has 1 amide bonds. The highest BCUT2D eigenvalue weighted by molar-refractivity contribution is 5.81. The zero-order chi connectivity index (χ0) is 25.0. The number of hydrogen-bond acceptors (Lipinski definition) is 12. The molecule has 13 nitrogen and oxygen atoms in total. The molecule has 0 saturated carbocycles. The van der Waals surface area contributed by atoms with E-state index in [4.69, 9.17) is 15.2 Å². The van der Waals surface area contributed by atoms with Crippen LogP contribution in [-0.4, -0.2) is 128 Å². The van der Waals surface area contributed by atoms with E-state index in [1.54, 1.807) is 0 Å². The van der Waals surface area contributed by atoms with Crippen molar-refractivity contribution < 1.29 is 55.1 Å². The van der Waals surface area contributed by atoms with E-state index in [1.807, 2.05) is 0 Å². The number of aliphatic hydroxyl groups excluding tert-OH is 8. The second-order valence-electron chi connectivity index (χ2n) is 8.18. The van der Waals surface area contributed by atoms with Gasteiger partial charge in [-0.05, 0) is 19.4 Å². The molecular weight excluding hydrogens is 444 g/mol. The van der Waals surface area contributed by atoms with Crippen LogP contribution in [0.3, 0.4) is 0 Å². The molecule has 0 aromatic carbocycles. The highest BCUT2D eigenvalue weighted by Crippen LogP contribution is 2.25. The number of carbonyl (C=O) groups excluding carboxylic acids is 1. The van der Waals surface area contributed by atoms with Crippen molar-refractivity contribution >= 4 is 5.91 Å². The average molecular weight is 485 g/mol. The Morgan fingerprint density at radius 2 is 1.55 bits per heavy atom. The Labute approximate surface area is 192 Å². The summed E-state index contributed by atoms with van der Waals surface area (Å²) >= 11 is 0. The highest BCUT2D eigenvalue weighted by Gasteiger charge is 2.47. The number of hydrogen-bond donors (Lipinski definition) is 10. The van der Waals surface area contributed by atoms with Gasteiger partial charge in [0, 0.05) is 6.54 Å². The average Bonchev–Trinajstić information content (AvgIpc) is 2.82. The Kier molecular flexibility index (Phi) is 14.4. The predicted molar refractivity (Wildman–Crippen MR) is 114 cm³/mol. The van der Waals surface area contributed by atoms with E-state index in [0.29, 0.717) is 13.0 Å². The van der Waals surface area contributed by atoms with Crippen molar-refractivity contribution in [2.75, 3.05) is 26.3 Å². The van der Waals surface area contributed by atoms with Crippen LogP contribution in [0.4, 0.5) is 0 Å². The molecule has 13 heteroatoms. The molecule has 1 heterocycles. The quantitative estimate of drug-likeness (QED) is 0.0936. The molecule has 196 valence electrons. The third-order valence-electron chi connectivity index (χ3n) is 5.56. The summed E-state index contributed by atoms with van der Waals surface area (Å²) in [5.74, 6) is -0.932. The lowest BCUT2D eigenvalue weighted by Gasteiger charge is -2.42. The maximum atomic E-state index is 12.2. The van der Waals surface area contributed by atoms with Crippen LogP contribution in [0.5, 0.6) is 0 Å². The number of unbranched alkanes of at least 4 members (excludes halogenated alkanes) is 5. The number of carbonyl (C=O) groups is 1. The number of rotatable bonds is 16. The lowest BCUT2D eigenvalue weighted by atomic mass is 9.98. The Hall–Kier alpha value is -0.970. The van der Waals surface area contributed by atoms with Gasteiger partial charge in [-0.15, -0.1) is 0 Å². The molecule has 0 aromatic heterocycles. The van der Waals surface area contributed by atoms with Gasteiger partial charge >= 0.3 is 0 Å². The molecule has 0 aromatic rings. The van der Waals surface area contributed by atoms with Crippen molar-refractivity contribution in [3.63, 3.8) is 0 Å². The first-order valence-corrected chi connectivity index (χ1v) is 11.3. The van der Waals surface area contributed by atoms with Gasteiger partial charge in [-0.1, -0.05) is 25.7 Å². The monoisotopic (exact) mass is 484 g/mol. The highest BCUT2D eigenvalue weighted by atomic mass is 16.7. The minimum Gasteiger partial charge on any atom is -0.394 e. The van der Waals surface area contributed by atoms with Crippen LogP contribution < -0.4 is 11.1 Å². The summed E-state index contributed by atoms with van der Waals surface area (Å²) in [6.45, 7) is -0.765. The smallest absolute Gasteiger partial charge is 0.251 e. The number of amides is 1. The van der Waals surface area contributed by atoms with E-state index < -0.39 is 74.2 Å². The number of aliphatic hydroxyl groups is 8. The molecule has 1 saturated heterocycles. The summed E-state index contributed by atoms with van der Waals surface area (Å²) in [5.41, 5.74) is 5.43. The Bertz CT molecular complexity index is 542. The van der Waals surface area contributed by atoms with Gasteiger partial charge in [0.05, 0.1) is 13.2 Å². The van der Waals surface area contributed by atoms with Gasteiger partial charge in [0.1, 0.15) is 42.7 Å². The molecule has 1 aliphatic rings. The lowest BCUT2D eigenvalue weighted by Crippen LogP contribution is -2.62. The van der Waals surface area contributed by atoms with Crippen molar-refractivity contribution in [2.24, 2.45) is 5.73 Å². The first kappa shape index (κ1) is 30.1. The number of ether oxygens (including phenoxy) is 2. The number of nitrogens with two attached hydrogens (primary N) is 1. The molecule has 0 spiro atoms. The zero-order valence-corrected chi connectivity index (χ0v) is 18.6. The predicted octanol–water partition coefficient (Wildman–Crippen LogP) is -4.34. The SMILES string of the molecule is NCCCCCCCCNC(=O)[C@H](O)[C@@H](O)[C@@H](O[C@@H]1O[C@H](CO)[C@H](O)C(O)C1O)[C@H](O)CO. The molecule has 33 heavy (non-hydrogen) atoms. The van der Waals surface area contributed by atoms with Gasteiger partial charge < -0.3 is 61.4 Å². The van der Waals surface area contributed by atoms with Gasteiger partial charge in [0.15, 0.2) is 12.4 Å². The fourth-order valence-corrected chi connectivity index (χ4v) is 3.46. The van der Waals surface area contributed by atoms with E-state index in [0.717, 1.165) is 32.1 Å². The van der Waals surface area contributed by atoms with Crippen LogP contribution in [0.15, 0.2) is 0 Å². The van der Waals surface area contributed by atoms with E-state index in [2.05, 4.69) is 5.32 Å². The molecule has 1 rings (SSSR count). The van der Waals surface area contributed by atoms with Crippen LogP contribution in [0, 0.1) is 0 Å². The summed E-state index contributed by atoms with van der Waals surface area (Å²) in [6.07, 6.45) is -10.6. The van der Waals surface area contributed by atoms with Gasteiger partial charge in [-0.2, -0.15) is 0 Å². The molecule has 1 aliphatic heterocycles. The second-order valence-corrected chi connectivity index (χ2v) is 8.18. The molecule has 1 fully saturated rings. The molecular formula is C20H40N2O11. The maximum Gasteiger partial charge on any atom is 0.251 e. The van der Waals surface area contributed by atoms with Gasteiger partial charge in [0.25, 0.3) is 5.91 Å². The molecule has 0 aliphatic carbocycles. The first-order chi connectivity index (χ1) is 15.7. The largest absolute Gasteiger partial charge is 0.394 e. The third-order valence-corrected chi connectivity index (χ3v) is 5.56. The number of nitrogens with one attached hydrogen (secondary N) is 1. The minimum absolute atomic E-state index is 0.250. The van der Waals surface area contributed by atoms with E-state index in [1.165, 1.54) is 0 Å². The van der Waals surface area contributed by atoms with E-state index in [9.17, 15) is 45.6 Å². The summed E-state index contributed by atoms with van der Waals surface area (Å²) in [6, 6.07) is 0. The van der Waals surface area contributed by atoms with Crippen molar-refractivity contribution in [3.8, 4) is 0 Å². The first-order valence-electron chi connectivity index (χ1n) is 11.3. The van der Waals surface area contributed by atoms with Crippen molar-refractivity contribution in [1.82, 2.24) is 5.32 Å². The van der Waals surface area contributed by atoms with Crippen LogP contribution >= 0.6 is 0 Å². The topological polar surface area (TPSA) is 235 Å². The van der Waals surface area contributed by atoms with E-state index in [-0.39, 0.29) is 6.54 Å². The van der Waals surface area contributed by atoms with Gasteiger partial charge in [0.2, 0.25) is 0 Å². The minimum atomic E-state index is -2.05. The van der Waals surface area contributed by atoms with E-state index >= 15 is 0 Å². The third kappa shape index (κ3) is 9.30. The van der Waals surface area contributed by atoms with Crippen LogP contribution in [-0.2, 0) is 14.3 Å². The normalized spacial score (nSPS) is 29.3. The van der Waals surface area contributed by atoms with Crippen LogP contribution in [0.25, 0.3) is 0 Å². The molecule has 9 atom stereocenters. The fourth-order valence-electron chi connectivity index (χ4n) is 3.46. The summed E-state index contributed by atoms with van der Waals surface area (Å²) in [5, 5.41) is 81.4. The fraction of sp³-hybridized carbons (Fsp3) is 0.950. The Morgan fingerprint density at radius 3 is 2.12 bits per heavy atom. The van der Waals surface area contributed by atoms with Gasteiger partial charge in [-0.3, -0.25) is 4.79 Å². The van der Waals surface area contributed by atoms with Gasteiger partial charge in [-0.25, -0.2) is 0 Å². The Morgan fingerprint density at radius 1 is 0.939 bits per heavy atom. The molecule has 0 bridgehead atoms. The summed E-state index contributed by atoms with van der Waals surface area (Å²) in [4.78, 5) is 12.2. The maximum absolute atomic E-state index is 12.2.